The first-order chi connectivity index (χ1) is 11.4. The molecule has 5 heteroatoms. The average molecular weight is 328 g/mol. The molecule has 0 radical (unpaired) electrons. The van der Waals surface area contributed by atoms with Gasteiger partial charge in [0.05, 0.1) is 18.2 Å². The van der Waals surface area contributed by atoms with Crippen LogP contribution in [-0.4, -0.2) is 42.2 Å². The molecule has 1 heterocycles. The van der Waals surface area contributed by atoms with E-state index in [0.717, 1.165) is 5.75 Å². The summed E-state index contributed by atoms with van der Waals surface area (Å²) in [6.45, 7) is 7.25. The number of benzene rings is 1. The van der Waals surface area contributed by atoms with Gasteiger partial charge < -0.3 is 14.4 Å². The Balaban J connectivity index is 1.67. The second kappa shape index (κ2) is 6.10. The monoisotopic (exact) mass is 328 g/mol. The van der Waals surface area contributed by atoms with Crippen molar-refractivity contribution in [2.75, 3.05) is 19.7 Å². The zero-order valence-electron chi connectivity index (χ0n) is 14.5. The quantitative estimate of drug-likeness (QED) is 0.852. The fourth-order valence-corrected chi connectivity index (χ4v) is 3.45. The number of para-hydroxylation sites is 1. The standard InChI is InChI=1S/C19H24N2O3/c1-14-9-19(14,12-20)17(22)21-10-16(24-18(2,3)13-21)11-23-15-7-5-4-6-8-15/h4-8,14,16H,9-11,13H2,1-3H3/t14-,16-,19+/m1/s1. The van der Waals surface area contributed by atoms with E-state index in [2.05, 4.69) is 6.07 Å². The summed E-state index contributed by atoms with van der Waals surface area (Å²) in [5, 5.41) is 9.42. The molecule has 5 nitrogen and oxygen atoms in total. The molecule has 0 aromatic heterocycles. The molecule has 128 valence electrons. The van der Waals surface area contributed by atoms with Crippen LogP contribution in [0.2, 0.25) is 0 Å². The van der Waals surface area contributed by atoms with Gasteiger partial charge in [-0.3, -0.25) is 4.79 Å². The molecule has 0 unspecified atom stereocenters. The summed E-state index contributed by atoms with van der Waals surface area (Å²) in [7, 11) is 0. The number of carbonyl (C=O) groups excluding carboxylic acids is 1. The van der Waals surface area contributed by atoms with Gasteiger partial charge in [-0.05, 0) is 38.3 Å². The van der Waals surface area contributed by atoms with E-state index in [0.29, 0.717) is 26.1 Å². The number of rotatable bonds is 4. The molecule has 1 saturated heterocycles. The lowest BCUT2D eigenvalue weighted by atomic mass is 10.00. The number of amides is 1. The lowest BCUT2D eigenvalue weighted by Gasteiger charge is -2.43. The lowest BCUT2D eigenvalue weighted by molar-refractivity contribution is -0.168. The maximum atomic E-state index is 12.8. The van der Waals surface area contributed by atoms with Crippen LogP contribution in [0.5, 0.6) is 5.75 Å². The Hall–Kier alpha value is -2.06. The van der Waals surface area contributed by atoms with Crippen molar-refractivity contribution in [3.05, 3.63) is 30.3 Å². The number of nitriles is 1. The number of hydrogen-bond acceptors (Lipinski definition) is 4. The Labute approximate surface area is 143 Å². The van der Waals surface area contributed by atoms with E-state index < -0.39 is 11.0 Å². The maximum absolute atomic E-state index is 12.8. The highest BCUT2D eigenvalue weighted by Crippen LogP contribution is 2.53. The van der Waals surface area contributed by atoms with E-state index >= 15 is 0 Å². The number of ether oxygens (including phenoxy) is 2. The van der Waals surface area contributed by atoms with Crippen molar-refractivity contribution in [1.29, 1.82) is 5.26 Å². The number of hydrogen-bond donors (Lipinski definition) is 0. The molecule has 1 aromatic rings. The SMILES string of the molecule is C[C@@H]1C[C@@]1(C#N)C(=O)N1C[C@H](COc2ccccc2)OC(C)(C)C1. The van der Waals surface area contributed by atoms with Crippen molar-refractivity contribution < 1.29 is 14.3 Å². The Morgan fingerprint density at radius 1 is 1.42 bits per heavy atom. The van der Waals surface area contributed by atoms with E-state index in [-0.39, 0.29) is 17.9 Å². The summed E-state index contributed by atoms with van der Waals surface area (Å²) >= 11 is 0. The van der Waals surface area contributed by atoms with Crippen LogP contribution in [0.4, 0.5) is 0 Å². The van der Waals surface area contributed by atoms with E-state index in [9.17, 15) is 10.1 Å². The molecule has 0 spiro atoms. The van der Waals surface area contributed by atoms with Gasteiger partial charge in [-0.1, -0.05) is 25.1 Å². The van der Waals surface area contributed by atoms with Gasteiger partial charge in [0.2, 0.25) is 5.91 Å². The van der Waals surface area contributed by atoms with Gasteiger partial charge >= 0.3 is 0 Å². The Kier molecular flexibility index (Phi) is 4.27. The molecular formula is C19H24N2O3. The summed E-state index contributed by atoms with van der Waals surface area (Å²) in [5.74, 6) is 0.866. The predicted molar refractivity (Wildman–Crippen MR) is 89.3 cm³/mol. The first-order valence-corrected chi connectivity index (χ1v) is 8.42. The molecule has 1 saturated carbocycles. The number of carbonyl (C=O) groups is 1. The van der Waals surface area contributed by atoms with Crippen LogP contribution in [0.15, 0.2) is 30.3 Å². The smallest absolute Gasteiger partial charge is 0.243 e. The number of nitrogens with zero attached hydrogens (tertiary/aromatic N) is 2. The van der Waals surface area contributed by atoms with E-state index in [1.165, 1.54) is 0 Å². The first kappa shape index (κ1) is 16.8. The first-order valence-electron chi connectivity index (χ1n) is 8.42. The van der Waals surface area contributed by atoms with Crippen molar-refractivity contribution in [2.45, 2.75) is 38.9 Å². The summed E-state index contributed by atoms with van der Waals surface area (Å²) in [6, 6.07) is 11.8. The Morgan fingerprint density at radius 2 is 2.08 bits per heavy atom. The van der Waals surface area contributed by atoms with Crippen LogP contribution in [0, 0.1) is 22.7 Å². The largest absolute Gasteiger partial charge is 0.491 e. The van der Waals surface area contributed by atoms with E-state index in [4.69, 9.17) is 9.47 Å². The zero-order valence-corrected chi connectivity index (χ0v) is 14.5. The van der Waals surface area contributed by atoms with Gasteiger partial charge in [0.1, 0.15) is 23.9 Å². The third-order valence-electron chi connectivity index (χ3n) is 4.84. The maximum Gasteiger partial charge on any atom is 0.243 e. The van der Waals surface area contributed by atoms with Crippen LogP contribution in [0.25, 0.3) is 0 Å². The molecule has 1 aromatic carbocycles. The molecular weight excluding hydrogens is 304 g/mol. The van der Waals surface area contributed by atoms with Crippen molar-refractivity contribution in [3.63, 3.8) is 0 Å². The molecule has 1 aliphatic heterocycles. The van der Waals surface area contributed by atoms with Crippen LogP contribution in [0.3, 0.4) is 0 Å². The number of morpholine rings is 1. The third kappa shape index (κ3) is 3.25. The molecule has 24 heavy (non-hydrogen) atoms. The molecule has 1 aliphatic carbocycles. The third-order valence-corrected chi connectivity index (χ3v) is 4.84. The van der Waals surface area contributed by atoms with Crippen molar-refractivity contribution in [1.82, 2.24) is 4.90 Å². The van der Waals surface area contributed by atoms with Crippen molar-refractivity contribution in [3.8, 4) is 11.8 Å². The van der Waals surface area contributed by atoms with Crippen LogP contribution >= 0.6 is 0 Å². The van der Waals surface area contributed by atoms with Crippen molar-refractivity contribution in [2.24, 2.45) is 11.3 Å². The average Bonchev–Trinajstić information content (AvgIpc) is 3.23. The lowest BCUT2D eigenvalue weighted by Crippen LogP contribution is -2.57. The Morgan fingerprint density at radius 3 is 2.67 bits per heavy atom. The zero-order chi connectivity index (χ0) is 17.4. The van der Waals surface area contributed by atoms with E-state index in [1.54, 1.807) is 4.90 Å². The highest BCUT2D eigenvalue weighted by Gasteiger charge is 2.60. The minimum Gasteiger partial charge on any atom is -0.491 e. The second-order valence-electron chi connectivity index (χ2n) is 7.50. The normalized spacial score (nSPS) is 31.2. The highest BCUT2D eigenvalue weighted by molar-refractivity contribution is 5.89. The van der Waals surface area contributed by atoms with Gasteiger partial charge in [0, 0.05) is 6.54 Å². The van der Waals surface area contributed by atoms with Crippen LogP contribution < -0.4 is 4.74 Å². The molecule has 3 rings (SSSR count). The fourth-order valence-electron chi connectivity index (χ4n) is 3.45. The predicted octanol–water partition coefficient (Wildman–Crippen LogP) is 2.62. The summed E-state index contributed by atoms with van der Waals surface area (Å²) in [5.41, 5.74) is -1.27. The van der Waals surface area contributed by atoms with Gasteiger partial charge in [0.25, 0.3) is 0 Å². The fraction of sp³-hybridized carbons (Fsp3) is 0.579. The van der Waals surface area contributed by atoms with Gasteiger partial charge in [-0.2, -0.15) is 5.26 Å². The highest BCUT2D eigenvalue weighted by atomic mass is 16.5. The van der Waals surface area contributed by atoms with Crippen LogP contribution in [-0.2, 0) is 9.53 Å². The topological polar surface area (TPSA) is 62.6 Å². The van der Waals surface area contributed by atoms with Gasteiger partial charge in [-0.25, -0.2) is 0 Å². The summed E-state index contributed by atoms with van der Waals surface area (Å²) < 4.78 is 11.9. The van der Waals surface area contributed by atoms with Gasteiger partial charge in [0.15, 0.2) is 0 Å². The molecule has 0 N–H and O–H groups in total. The van der Waals surface area contributed by atoms with E-state index in [1.807, 2.05) is 51.1 Å². The molecule has 1 amide bonds. The summed E-state index contributed by atoms with van der Waals surface area (Å²) in [6.07, 6.45) is 0.452. The summed E-state index contributed by atoms with van der Waals surface area (Å²) in [4.78, 5) is 14.6. The minimum absolute atomic E-state index is 0.0569. The molecule has 0 bridgehead atoms. The minimum atomic E-state index is -0.821. The molecule has 2 fully saturated rings. The molecule has 3 atom stereocenters. The second-order valence-corrected chi connectivity index (χ2v) is 7.50. The Bertz CT molecular complexity index is 652. The van der Waals surface area contributed by atoms with Crippen molar-refractivity contribution >= 4 is 5.91 Å². The molecule has 2 aliphatic rings. The van der Waals surface area contributed by atoms with Crippen LogP contribution in [0.1, 0.15) is 27.2 Å². The van der Waals surface area contributed by atoms with Gasteiger partial charge in [-0.15, -0.1) is 0 Å².